The Labute approximate surface area is 300 Å². The van der Waals surface area contributed by atoms with Gasteiger partial charge in [0.2, 0.25) is 5.13 Å². The van der Waals surface area contributed by atoms with Crippen molar-refractivity contribution in [2.75, 3.05) is 36.5 Å². The summed E-state index contributed by atoms with van der Waals surface area (Å²) in [5.41, 5.74) is -0.362. The first-order valence-corrected chi connectivity index (χ1v) is 18.5. The van der Waals surface area contributed by atoms with Gasteiger partial charge in [-0.1, -0.05) is 11.6 Å². The topological polar surface area (TPSA) is 173 Å². The molecule has 0 radical (unpaired) electrons. The van der Waals surface area contributed by atoms with Crippen LogP contribution < -0.4 is 29.3 Å². The average molecular weight is 757 g/mol. The molecule has 0 saturated heterocycles. The van der Waals surface area contributed by atoms with Crippen molar-refractivity contribution in [3.63, 3.8) is 0 Å². The minimum atomic E-state index is -4.65. The van der Waals surface area contributed by atoms with E-state index in [1.807, 2.05) is 0 Å². The molecule has 274 valence electrons. The van der Waals surface area contributed by atoms with Gasteiger partial charge in [-0.3, -0.25) is 4.90 Å². The normalized spacial score (nSPS) is 16.1. The molecule has 1 fully saturated rings. The molecule has 2 amide bonds. The van der Waals surface area contributed by atoms with E-state index in [0.717, 1.165) is 52.1 Å². The van der Waals surface area contributed by atoms with Crippen LogP contribution in [0.25, 0.3) is 0 Å². The molecule has 2 atom stereocenters. The number of amides is 2. The molecule has 1 aliphatic carbocycles. The lowest BCUT2D eigenvalue weighted by Crippen LogP contribution is -2.48. The van der Waals surface area contributed by atoms with Crippen LogP contribution >= 0.6 is 23.1 Å². The number of carbonyl (C=O) groups is 2. The maximum Gasteiger partial charge on any atom is 0.411 e. The Morgan fingerprint density at radius 3 is 2.50 bits per heavy atom. The summed E-state index contributed by atoms with van der Waals surface area (Å²) < 4.78 is 64.5. The average Bonchev–Trinajstić information content (AvgIpc) is 3.74. The van der Waals surface area contributed by atoms with E-state index in [0.29, 0.717) is 36.4 Å². The Bertz CT molecular complexity index is 1740. The molecule has 1 heterocycles. The maximum atomic E-state index is 15.8. The number of benzene rings is 2. The van der Waals surface area contributed by atoms with Gasteiger partial charge in [-0.05, 0) is 77.6 Å². The maximum absolute atomic E-state index is 15.8. The quantitative estimate of drug-likeness (QED) is 0.154. The number of alkyl carbamates (subject to hydrolysis) is 1. The summed E-state index contributed by atoms with van der Waals surface area (Å²) in [5.74, 6) is -0.382. The molecule has 1 aliphatic rings. The smallest absolute Gasteiger partial charge is 0.411 e. The Morgan fingerprint density at radius 2 is 1.86 bits per heavy atom. The molecule has 14 nitrogen and oxygen atoms in total. The first kappa shape index (κ1) is 38.9. The zero-order valence-corrected chi connectivity index (χ0v) is 30.8. The summed E-state index contributed by atoms with van der Waals surface area (Å²) in [6, 6.07) is 6.48. The van der Waals surface area contributed by atoms with Crippen LogP contribution in [0.2, 0.25) is 5.02 Å². The fraction of sp³-hybridized carbons (Fsp3) is 0.500. The second-order valence-electron chi connectivity index (χ2n) is 12.5. The summed E-state index contributed by atoms with van der Waals surface area (Å²) in [5, 5.41) is 16.0. The number of aromatic nitrogens is 2. The van der Waals surface area contributed by atoms with Crippen LogP contribution in [0.1, 0.15) is 58.4 Å². The minimum absolute atomic E-state index is 0.0271. The van der Waals surface area contributed by atoms with Gasteiger partial charge in [-0.25, -0.2) is 31.7 Å². The van der Waals surface area contributed by atoms with Crippen LogP contribution in [0.4, 0.5) is 24.8 Å². The minimum Gasteiger partial charge on any atom is -0.497 e. The summed E-state index contributed by atoms with van der Waals surface area (Å²) in [4.78, 5) is 28.6. The highest BCUT2D eigenvalue weighted by Crippen LogP contribution is 2.36. The molecule has 1 aromatic heterocycles. The zero-order valence-electron chi connectivity index (χ0n) is 28.4. The van der Waals surface area contributed by atoms with Crippen molar-refractivity contribution in [3.05, 3.63) is 53.1 Å². The number of unbranched alkanes of at least 4 members (excludes halogenated alkanes) is 1. The van der Waals surface area contributed by atoms with Crippen LogP contribution in [0.5, 0.6) is 11.5 Å². The number of sulfonamides is 1. The van der Waals surface area contributed by atoms with Crippen LogP contribution in [0.15, 0.2) is 41.6 Å². The number of carboxylic acid groups (broad SMARTS) is 1. The molecular weight excluding hydrogens is 715 g/mol. The Hall–Kier alpha value is -3.93. The summed E-state index contributed by atoms with van der Waals surface area (Å²) in [6.45, 7) is 5.62. The highest BCUT2D eigenvalue weighted by molar-refractivity contribution is 7.93. The summed E-state index contributed by atoms with van der Waals surface area (Å²) in [6.07, 6.45) is 2.91. The molecule has 2 aromatic carbocycles. The molecule has 0 unspecified atom stereocenters. The van der Waals surface area contributed by atoms with E-state index in [1.165, 1.54) is 20.5 Å². The van der Waals surface area contributed by atoms with Crippen molar-refractivity contribution < 1.29 is 41.7 Å². The molecule has 0 aliphatic heterocycles. The number of ether oxygens (including phenoxy) is 3. The fourth-order valence-corrected chi connectivity index (χ4v) is 8.08. The van der Waals surface area contributed by atoms with E-state index in [2.05, 4.69) is 20.0 Å². The van der Waals surface area contributed by atoms with Crippen molar-refractivity contribution in [2.45, 2.75) is 82.0 Å². The Balaban J connectivity index is 1.45. The largest absolute Gasteiger partial charge is 0.497 e. The lowest BCUT2D eigenvalue weighted by atomic mass is 10.1. The van der Waals surface area contributed by atoms with Crippen LogP contribution in [-0.2, 0) is 21.3 Å². The number of hydrogen-bond donors (Lipinski definition) is 3. The number of nitrogens with zero attached hydrogens (tertiary/aromatic N) is 4. The van der Waals surface area contributed by atoms with Gasteiger partial charge < -0.3 is 30.0 Å². The second kappa shape index (κ2) is 16.9. The third-order valence-electron chi connectivity index (χ3n) is 7.90. The molecule has 0 spiro atoms. The molecular formula is C32H42ClFN6O8S2. The van der Waals surface area contributed by atoms with Gasteiger partial charge in [-0.2, -0.15) is 4.37 Å². The van der Waals surface area contributed by atoms with Crippen molar-refractivity contribution in [1.29, 1.82) is 0 Å². The molecule has 4 rings (SSSR count). The van der Waals surface area contributed by atoms with Gasteiger partial charge in [0.1, 0.15) is 34.1 Å². The zero-order chi connectivity index (χ0) is 36.6. The SMILES string of the molecule is COc1ccc(CN(c2ncns2)S(=O)(=O)c2cc(Cl)c(N(CCCCN[C@@H]3CCC[C@H]3NC(=O)OC(C)(C)C)C(=O)O)cc2F)c(OC)c1. The van der Waals surface area contributed by atoms with Gasteiger partial charge >= 0.3 is 12.2 Å². The van der Waals surface area contributed by atoms with E-state index in [9.17, 15) is 23.1 Å². The molecule has 1 saturated carbocycles. The van der Waals surface area contributed by atoms with Crippen LogP contribution in [-0.4, -0.2) is 80.1 Å². The number of anilines is 2. The molecule has 50 heavy (non-hydrogen) atoms. The molecule has 0 bridgehead atoms. The predicted octanol–water partition coefficient (Wildman–Crippen LogP) is 6.04. The van der Waals surface area contributed by atoms with E-state index >= 15 is 4.39 Å². The van der Waals surface area contributed by atoms with E-state index in [1.54, 1.807) is 39.0 Å². The number of methoxy groups -OCH3 is 2. The monoisotopic (exact) mass is 756 g/mol. The number of rotatable bonds is 15. The molecule has 18 heteroatoms. The van der Waals surface area contributed by atoms with Gasteiger partial charge in [-0.15, -0.1) is 0 Å². The first-order chi connectivity index (χ1) is 23.6. The van der Waals surface area contributed by atoms with Crippen molar-refractivity contribution >= 4 is 56.2 Å². The lowest BCUT2D eigenvalue weighted by molar-refractivity contribution is 0.0498. The van der Waals surface area contributed by atoms with Gasteiger partial charge in [0, 0.05) is 47.9 Å². The van der Waals surface area contributed by atoms with Crippen molar-refractivity contribution in [1.82, 2.24) is 20.0 Å². The fourth-order valence-electron chi connectivity index (χ4n) is 5.55. The molecule has 3 aromatic rings. The van der Waals surface area contributed by atoms with Gasteiger partial charge in [0.05, 0.1) is 31.5 Å². The Kier molecular flexibility index (Phi) is 13.1. The molecule has 3 N–H and O–H groups in total. The second-order valence-corrected chi connectivity index (χ2v) is 15.5. The van der Waals surface area contributed by atoms with E-state index in [4.69, 9.17) is 25.8 Å². The highest BCUT2D eigenvalue weighted by atomic mass is 35.5. The number of carbonyl (C=O) groups excluding carboxylic acids is 1. The van der Waals surface area contributed by atoms with Gasteiger partial charge in [0.25, 0.3) is 10.0 Å². The first-order valence-electron chi connectivity index (χ1n) is 15.9. The van der Waals surface area contributed by atoms with Crippen molar-refractivity contribution in [2.24, 2.45) is 0 Å². The van der Waals surface area contributed by atoms with E-state index < -0.39 is 38.5 Å². The van der Waals surface area contributed by atoms with Gasteiger partial charge in [0.15, 0.2) is 0 Å². The number of hydrogen-bond acceptors (Lipinski definition) is 11. The summed E-state index contributed by atoms with van der Waals surface area (Å²) >= 11 is 7.26. The van der Waals surface area contributed by atoms with E-state index in [-0.39, 0.29) is 41.0 Å². The third kappa shape index (κ3) is 9.86. The van der Waals surface area contributed by atoms with Crippen LogP contribution in [0, 0.1) is 5.82 Å². The summed E-state index contributed by atoms with van der Waals surface area (Å²) in [7, 11) is -1.75. The lowest BCUT2D eigenvalue weighted by Gasteiger charge is -2.26. The van der Waals surface area contributed by atoms with Crippen molar-refractivity contribution in [3.8, 4) is 11.5 Å². The predicted molar refractivity (Wildman–Crippen MR) is 188 cm³/mol. The standard InChI is InChI=1S/C32H42ClFN6O8S2/c1-32(2,3)48-30(41)38-25-10-8-9-24(25)35-13-6-7-14-39(31(42)43)26-17-23(34)28(16-22(26)33)50(44,45)40(29-36-19-37-49-29)18-20-11-12-21(46-4)15-27(20)47-5/h11-12,15-17,19,24-25,35H,6-10,13-14,18H2,1-5H3,(H,38,41)(H,42,43)/t24-,25-/m1/s1. The number of halogens is 2. The van der Waals surface area contributed by atoms with Crippen LogP contribution in [0.3, 0.4) is 0 Å². The number of nitrogens with one attached hydrogen (secondary N) is 2. The Morgan fingerprint density at radius 1 is 1.12 bits per heavy atom. The third-order valence-corrected chi connectivity index (χ3v) is 10.8. The highest BCUT2D eigenvalue weighted by Gasteiger charge is 2.33.